The van der Waals surface area contributed by atoms with Gasteiger partial charge in [-0.05, 0) is 26.2 Å². The number of rotatable bonds is 22. The summed E-state index contributed by atoms with van der Waals surface area (Å²) < 4.78 is 5.03. The van der Waals surface area contributed by atoms with Crippen molar-refractivity contribution in [2.75, 3.05) is 0 Å². The van der Waals surface area contributed by atoms with Crippen LogP contribution >= 0.6 is 0 Å². The van der Waals surface area contributed by atoms with Crippen LogP contribution in [-0.4, -0.2) is 4.57 Å². The van der Waals surface area contributed by atoms with E-state index in [1.54, 1.807) is 5.82 Å². The summed E-state index contributed by atoms with van der Waals surface area (Å²) in [6, 6.07) is 0. The molecule has 1 aromatic rings. The molecule has 0 aliphatic rings. The molecule has 0 N–H and O–H groups in total. The monoisotopic (exact) mass is 419 g/mol. The minimum Gasteiger partial charge on any atom is -0.235 e. The molecule has 0 spiro atoms. The summed E-state index contributed by atoms with van der Waals surface area (Å²) in [7, 11) is 0. The van der Waals surface area contributed by atoms with Crippen LogP contribution in [0, 0.1) is 0 Å². The number of unbranched alkanes of at least 4 members (excludes halogenated alkanes) is 17. The molecule has 1 heterocycles. The molecule has 0 aliphatic carbocycles. The highest BCUT2D eigenvalue weighted by molar-refractivity contribution is 4.83. The third kappa shape index (κ3) is 13.5. The van der Waals surface area contributed by atoms with Crippen LogP contribution in [0.3, 0.4) is 0 Å². The second-order valence-electron chi connectivity index (χ2n) is 9.45. The Labute approximate surface area is 189 Å². The van der Waals surface area contributed by atoms with Crippen LogP contribution in [0.5, 0.6) is 0 Å². The van der Waals surface area contributed by atoms with Crippen molar-refractivity contribution in [3.63, 3.8) is 0 Å². The van der Waals surface area contributed by atoms with Gasteiger partial charge in [-0.25, -0.2) is 9.13 Å². The zero-order valence-electron chi connectivity index (χ0n) is 21.1. The van der Waals surface area contributed by atoms with Crippen LogP contribution < -0.4 is 4.57 Å². The molecule has 2 nitrogen and oxygen atoms in total. The molecule has 0 radical (unpaired) electrons. The maximum absolute atomic E-state index is 2.55. The van der Waals surface area contributed by atoms with Crippen LogP contribution in [0.4, 0.5) is 0 Å². The van der Waals surface area contributed by atoms with E-state index in [0.717, 1.165) is 6.54 Å². The zero-order chi connectivity index (χ0) is 21.7. The van der Waals surface area contributed by atoms with Gasteiger partial charge in [-0.1, -0.05) is 117 Å². The molecule has 176 valence electrons. The maximum atomic E-state index is 2.55. The van der Waals surface area contributed by atoms with Gasteiger partial charge in [0, 0.05) is 6.42 Å². The normalized spacial score (nSPS) is 11.4. The minimum atomic E-state index is 1.11. The van der Waals surface area contributed by atoms with Gasteiger partial charge in [-0.2, -0.15) is 0 Å². The van der Waals surface area contributed by atoms with Gasteiger partial charge in [-0.3, -0.25) is 0 Å². The number of imidazole rings is 1. The molecule has 0 aromatic carbocycles. The van der Waals surface area contributed by atoms with Crippen molar-refractivity contribution in [3.8, 4) is 0 Å². The lowest BCUT2D eigenvalue weighted by molar-refractivity contribution is -0.704. The fraction of sp³-hybridized carbons (Fsp3) is 0.893. The summed E-state index contributed by atoms with van der Waals surface area (Å²) in [6.07, 6.45) is 32.9. The maximum Gasteiger partial charge on any atom is 0.256 e. The van der Waals surface area contributed by atoms with Gasteiger partial charge in [-0.15, -0.1) is 0 Å². The number of aryl methyl sites for hydroxylation is 2. The van der Waals surface area contributed by atoms with E-state index in [-0.39, 0.29) is 0 Å². The Bertz CT molecular complexity index is 477. The summed E-state index contributed by atoms with van der Waals surface area (Å²) >= 11 is 0. The largest absolute Gasteiger partial charge is 0.256 e. The van der Waals surface area contributed by atoms with Crippen LogP contribution in [-0.2, 0) is 19.5 Å². The summed E-state index contributed by atoms with van der Waals surface area (Å²) in [5.74, 6) is 1.57. The highest BCUT2D eigenvalue weighted by Crippen LogP contribution is 2.13. The van der Waals surface area contributed by atoms with Gasteiger partial charge in [0.25, 0.3) is 5.82 Å². The number of nitrogens with zero attached hydrogens (tertiary/aromatic N) is 2. The van der Waals surface area contributed by atoms with Crippen LogP contribution in [0.25, 0.3) is 0 Å². The Morgan fingerprint density at radius 3 is 1.47 bits per heavy atom. The fourth-order valence-corrected chi connectivity index (χ4v) is 4.64. The van der Waals surface area contributed by atoms with Gasteiger partial charge >= 0.3 is 0 Å². The summed E-state index contributed by atoms with van der Waals surface area (Å²) in [5, 5.41) is 0. The first-order chi connectivity index (χ1) is 14.8. The van der Waals surface area contributed by atoms with Crippen molar-refractivity contribution in [2.45, 2.75) is 162 Å². The lowest BCUT2D eigenvalue weighted by atomic mass is 10.1. The topological polar surface area (TPSA) is 8.81 Å². The second-order valence-corrected chi connectivity index (χ2v) is 9.45. The van der Waals surface area contributed by atoms with Gasteiger partial charge < -0.3 is 0 Å². The van der Waals surface area contributed by atoms with Gasteiger partial charge in [0.05, 0.1) is 13.1 Å². The highest BCUT2D eigenvalue weighted by Gasteiger charge is 2.15. The van der Waals surface area contributed by atoms with E-state index in [1.165, 1.54) is 135 Å². The van der Waals surface area contributed by atoms with E-state index in [4.69, 9.17) is 0 Å². The first-order valence-electron chi connectivity index (χ1n) is 13.9. The Hall–Kier alpha value is -0.790. The van der Waals surface area contributed by atoms with Crippen LogP contribution in [0.2, 0.25) is 0 Å². The minimum absolute atomic E-state index is 1.11. The Balaban J connectivity index is 2.12. The molecule has 2 heteroatoms. The Morgan fingerprint density at radius 1 is 0.567 bits per heavy atom. The van der Waals surface area contributed by atoms with E-state index in [1.807, 2.05) is 0 Å². The van der Waals surface area contributed by atoms with Crippen molar-refractivity contribution in [3.05, 3.63) is 18.2 Å². The standard InChI is InChI=1S/C28H55N2/c1-4-7-9-11-13-15-17-19-21-23-25-30-27-26-29(6-3)28(30)24-22-20-18-16-14-12-10-8-5-2/h26-27H,4-25H2,1-3H3/q+1. The lowest BCUT2D eigenvalue weighted by Gasteiger charge is -2.06. The van der Waals surface area contributed by atoms with Crippen molar-refractivity contribution >= 4 is 0 Å². The quantitative estimate of drug-likeness (QED) is 0.131. The lowest BCUT2D eigenvalue weighted by Crippen LogP contribution is -2.37. The van der Waals surface area contributed by atoms with E-state index in [9.17, 15) is 0 Å². The van der Waals surface area contributed by atoms with Crippen molar-refractivity contribution < 1.29 is 4.57 Å². The molecule has 0 saturated heterocycles. The predicted molar refractivity (Wildman–Crippen MR) is 133 cm³/mol. The van der Waals surface area contributed by atoms with Gasteiger partial charge in [0.15, 0.2) is 0 Å². The third-order valence-electron chi connectivity index (χ3n) is 6.69. The molecule has 0 saturated carbocycles. The molecule has 0 amide bonds. The number of aromatic nitrogens is 2. The Morgan fingerprint density at radius 2 is 1.00 bits per heavy atom. The molecule has 0 atom stereocenters. The van der Waals surface area contributed by atoms with Crippen molar-refractivity contribution in [2.24, 2.45) is 0 Å². The zero-order valence-corrected chi connectivity index (χ0v) is 21.1. The first kappa shape index (κ1) is 27.2. The highest BCUT2D eigenvalue weighted by atomic mass is 15.1. The summed E-state index contributed by atoms with van der Waals surface area (Å²) in [6.45, 7) is 9.21. The molecule has 0 aliphatic heterocycles. The molecular formula is C28H55N2+. The average Bonchev–Trinajstić information content (AvgIpc) is 3.15. The van der Waals surface area contributed by atoms with Gasteiger partial charge in [0.2, 0.25) is 0 Å². The molecule has 0 fully saturated rings. The first-order valence-corrected chi connectivity index (χ1v) is 13.9. The van der Waals surface area contributed by atoms with E-state index in [2.05, 4.69) is 42.3 Å². The molecule has 1 rings (SSSR count). The van der Waals surface area contributed by atoms with Crippen molar-refractivity contribution in [1.29, 1.82) is 0 Å². The number of hydrogen-bond donors (Lipinski definition) is 0. The van der Waals surface area contributed by atoms with E-state index >= 15 is 0 Å². The molecule has 0 bridgehead atoms. The van der Waals surface area contributed by atoms with E-state index in [0.29, 0.717) is 0 Å². The fourth-order valence-electron chi connectivity index (χ4n) is 4.64. The molecular weight excluding hydrogens is 364 g/mol. The molecule has 30 heavy (non-hydrogen) atoms. The van der Waals surface area contributed by atoms with Crippen LogP contribution in [0.15, 0.2) is 12.4 Å². The molecule has 0 unspecified atom stereocenters. The van der Waals surface area contributed by atoms with Crippen molar-refractivity contribution in [1.82, 2.24) is 4.57 Å². The predicted octanol–water partition coefficient (Wildman–Crippen LogP) is 8.79. The van der Waals surface area contributed by atoms with Crippen LogP contribution in [0.1, 0.15) is 149 Å². The number of hydrogen-bond acceptors (Lipinski definition) is 0. The molecule has 1 aromatic heterocycles. The third-order valence-corrected chi connectivity index (χ3v) is 6.69. The summed E-state index contributed by atoms with van der Waals surface area (Å²) in [4.78, 5) is 0. The smallest absolute Gasteiger partial charge is 0.235 e. The summed E-state index contributed by atoms with van der Waals surface area (Å²) in [5.41, 5.74) is 0. The van der Waals surface area contributed by atoms with Gasteiger partial charge in [0.1, 0.15) is 12.4 Å². The second kappa shape index (κ2) is 20.1. The van der Waals surface area contributed by atoms with E-state index < -0.39 is 0 Å². The average molecular weight is 420 g/mol. The Kier molecular flexibility index (Phi) is 18.3. The SMILES string of the molecule is CCCCCCCCCCCC[n+]1ccn(CC)c1CCCCCCCCCCC.